The van der Waals surface area contributed by atoms with E-state index in [1.54, 1.807) is 11.8 Å². The summed E-state index contributed by atoms with van der Waals surface area (Å²) in [6, 6.07) is 5.62. The Bertz CT molecular complexity index is 1370. The zero-order valence-electron chi connectivity index (χ0n) is 22.2. The minimum Gasteiger partial charge on any atom is -0.352 e. The number of piperazine rings is 1. The molecule has 4 rings (SSSR count). The van der Waals surface area contributed by atoms with Crippen LogP contribution in [0.3, 0.4) is 0 Å². The Morgan fingerprint density at radius 3 is 2.58 bits per heavy atom. The smallest absolute Gasteiger partial charge is 0.352 e. The lowest BCUT2D eigenvalue weighted by molar-refractivity contribution is -0.137. The van der Waals surface area contributed by atoms with Gasteiger partial charge in [-0.15, -0.1) is 0 Å². The summed E-state index contributed by atoms with van der Waals surface area (Å²) in [6.07, 6.45) is -0.896. The first-order valence-corrected chi connectivity index (χ1v) is 12.7. The predicted octanol–water partition coefficient (Wildman–Crippen LogP) is 3.44. The van der Waals surface area contributed by atoms with E-state index < -0.39 is 23.5 Å². The molecule has 1 aromatic carbocycles. The lowest BCUT2D eigenvalue weighted by Crippen LogP contribution is -2.55. The Balaban J connectivity index is 1.75. The van der Waals surface area contributed by atoms with Crippen molar-refractivity contribution in [3.05, 3.63) is 53.2 Å². The van der Waals surface area contributed by atoms with E-state index in [1.165, 1.54) is 37.4 Å². The van der Waals surface area contributed by atoms with Crippen molar-refractivity contribution in [2.45, 2.75) is 38.9 Å². The highest BCUT2D eigenvalue weighted by molar-refractivity contribution is 5.91. The SMILES string of the molecule is C=CC(=O)N1CCN(c2nc(N3CCC3)nc(C)c2/C=N\N(C=O)c2cccc(C)c2C(F)(F)F)CC1CC#N. The third-order valence-corrected chi connectivity index (χ3v) is 7.00. The van der Waals surface area contributed by atoms with E-state index >= 15 is 0 Å². The summed E-state index contributed by atoms with van der Waals surface area (Å²) >= 11 is 0. The van der Waals surface area contributed by atoms with Crippen LogP contribution < -0.4 is 14.8 Å². The number of hydrazone groups is 1. The Labute approximate surface area is 230 Å². The van der Waals surface area contributed by atoms with Crippen LogP contribution in [0, 0.1) is 25.2 Å². The van der Waals surface area contributed by atoms with Crippen molar-refractivity contribution in [1.82, 2.24) is 14.9 Å². The number of hydrogen-bond acceptors (Lipinski definition) is 8. The largest absolute Gasteiger partial charge is 0.418 e. The van der Waals surface area contributed by atoms with Gasteiger partial charge in [0, 0.05) is 32.7 Å². The van der Waals surface area contributed by atoms with Crippen LogP contribution in [0.25, 0.3) is 0 Å². The molecule has 0 bridgehead atoms. The molecule has 0 spiro atoms. The lowest BCUT2D eigenvalue weighted by atomic mass is 10.1. The lowest BCUT2D eigenvalue weighted by Gasteiger charge is -2.41. The standard InChI is InChI=1S/C27H29F3N8O2/c1-4-23(40)37-14-13-36(16-20(37)9-10-31)25-21(19(3)33-26(34-25)35-11-6-12-35)15-32-38(17-39)22-8-5-7-18(2)24(22)27(28,29)30/h4-5,7-8,15,17,20H,1,6,9,11-14,16H2,2-3H3/b32-15-. The first-order valence-electron chi connectivity index (χ1n) is 12.7. The maximum absolute atomic E-state index is 13.8. The predicted molar refractivity (Wildman–Crippen MR) is 144 cm³/mol. The van der Waals surface area contributed by atoms with Crippen LogP contribution in [0.2, 0.25) is 0 Å². The molecule has 13 heteroatoms. The number of rotatable bonds is 8. The first-order chi connectivity index (χ1) is 19.1. The van der Waals surface area contributed by atoms with Gasteiger partial charge in [0.25, 0.3) is 0 Å². The summed E-state index contributed by atoms with van der Waals surface area (Å²) in [4.78, 5) is 39.2. The molecule has 2 aliphatic heterocycles. The fraction of sp³-hybridized carbons (Fsp3) is 0.407. The van der Waals surface area contributed by atoms with Crippen molar-refractivity contribution in [1.29, 1.82) is 5.26 Å². The van der Waals surface area contributed by atoms with Crippen LogP contribution in [0.15, 0.2) is 36.0 Å². The van der Waals surface area contributed by atoms with Gasteiger partial charge in [-0.05, 0) is 38.0 Å². The molecule has 2 saturated heterocycles. The molecule has 40 heavy (non-hydrogen) atoms. The van der Waals surface area contributed by atoms with Gasteiger partial charge in [0.2, 0.25) is 18.3 Å². The molecule has 10 nitrogen and oxygen atoms in total. The second kappa shape index (κ2) is 11.7. The van der Waals surface area contributed by atoms with Gasteiger partial charge >= 0.3 is 6.18 Å². The van der Waals surface area contributed by atoms with Crippen LogP contribution in [0.1, 0.15) is 35.2 Å². The van der Waals surface area contributed by atoms with Crippen LogP contribution in [-0.2, 0) is 15.8 Å². The molecule has 1 atom stereocenters. The topological polar surface area (TPSA) is 109 Å². The first kappa shape index (κ1) is 28.5. The molecule has 1 aromatic heterocycles. The fourth-order valence-corrected chi connectivity index (χ4v) is 4.82. The van der Waals surface area contributed by atoms with Gasteiger partial charge in [-0.2, -0.15) is 28.5 Å². The molecule has 0 saturated carbocycles. The quantitative estimate of drug-likeness (QED) is 0.213. The van der Waals surface area contributed by atoms with E-state index in [0.717, 1.165) is 19.5 Å². The summed E-state index contributed by atoms with van der Waals surface area (Å²) in [6.45, 7) is 9.16. The number of amides is 2. The van der Waals surface area contributed by atoms with Gasteiger partial charge < -0.3 is 14.7 Å². The van der Waals surface area contributed by atoms with E-state index in [1.807, 2.05) is 9.80 Å². The van der Waals surface area contributed by atoms with Gasteiger partial charge in [-0.25, -0.2) is 9.99 Å². The molecule has 210 valence electrons. The molecule has 2 aliphatic rings. The summed E-state index contributed by atoms with van der Waals surface area (Å²) in [5.41, 5.74) is -0.467. The molecule has 0 radical (unpaired) electrons. The number of hydrogen-bond donors (Lipinski definition) is 0. The number of nitriles is 1. The number of carbonyl (C=O) groups is 2. The van der Waals surface area contributed by atoms with Crippen LogP contribution >= 0.6 is 0 Å². The highest BCUT2D eigenvalue weighted by Gasteiger charge is 2.37. The summed E-state index contributed by atoms with van der Waals surface area (Å²) in [5, 5.41) is 14.1. The third-order valence-electron chi connectivity index (χ3n) is 7.00. The molecular formula is C27H29F3N8O2. The molecule has 0 N–H and O–H groups in total. The molecule has 3 heterocycles. The number of benzene rings is 1. The van der Waals surface area contributed by atoms with Gasteiger partial charge in [0.15, 0.2) is 0 Å². The number of carbonyl (C=O) groups excluding carboxylic acids is 2. The maximum atomic E-state index is 13.8. The Hall–Kier alpha value is -4.47. The van der Waals surface area contributed by atoms with Crippen LogP contribution in [0.4, 0.5) is 30.6 Å². The number of nitrogens with zero attached hydrogens (tertiary/aromatic N) is 8. The van der Waals surface area contributed by atoms with Crippen molar-refractivity contribution >= 4 is 36.0 Å². The van der Waals surface area contributed by atoms with Crippen LogP contribution in [-0.4, -0.2) is 72.2 Å². The Kier molecular flexibility index (Phi) is 8.37. The van der Waals surface area contributed by atoms with E-state index in [0.29, 0.717) is 41.1 Å². The zero-order chi connectivity index (χ0) is 29.0. The van der Waals surface area contributed by atoms with Crippen LogP contribution in [0.5, 0.6) is 0 Å². The number of aromatic nitrogens is 2. The third kappa shape index (κ3) is 5.75. The van der Waals surface area contributed by atoms with Crippen molar-refractivity contribution in [3.63, 3.8) is 0 Å². The minimum atomic E-state index is -4.70. The Morgan fingerprint density at radius 2 is 1.98 bits per heavy atom. The average molecular weight is 555 g/mol. The average Bonchev–Trinajstić information content (AvgIpc) is 2.87. The highest BCUT2D eigenvalue weighted by atomic mass is 19.4. The molecule has 2 aromatic rings. The van der Waals surface area contributed by atoms with Crippen molar-refractivity contribution in [2.75, 3.05) is 47.5 Å². The highest BCUT2D eigenvalue weighted by Crippen LogP contribution is 2.39. The maximum Gasteiger partial charge on any atom is 0.418 e. The van der Waals surface area contributed by atoms with Gasteiger partial charge in [-0.1, -0.05) is 18.7 Å². The van der Waals surface area contributed by atoms with Gasteiger partial charge in [0.1, 0.15) is 5.82 Å². The van der Waals surface area contributed by atoms with Crippen molar-refractivity contribution in [2.24, 2.45) is 5.10 Å². The second-order valence-electron chi connectivity index (χ2n) is 9.55. The minimum absolute atomic E-state index is 0.0402. The summed E-state index contributed by atoms with van der Waals surface area (Å²) < 4.78 is 41.5. The number of halogens is 3. The second-order valence-corrected chi connectivity index (χ2v) is 9.55. The zero-order valence-corrected chi connectivity index (χ0v) is 22.2. The molecule has 1 unspecified atom stereocenters. The fourth-order valence-electron chi connectivity index (χ4n) is 4.82. The van der Waals surface area contributed by atoms with E-state index in [9.17, 15) is 28.0 Å². The number of alkyl halides is 3. The molecule has 2 amide bonds. The monoisotopic (exact) mass is 554 g/mol. The normalized spacial score (nSPS) is 17.4. The summed E-state index contributed by atoms with van der Waals surface area (Å²) in [5.74, 6) is 0.683. The summed E-state index contributed by atoms with van der Waals surface area (Å²) in [7, 11) is 0. The molecule has 2 fully saturated rings. The Morgan fingerprint density at radius 1 is 1.23 bits per heavy atom. The van der Waals surface area contributed by atoms with Crippen molar-refractivity contribution < 1.29 is 22.8 Å². The molecule has 0 aliphatic carbocycles. The number of anilines is 3. The van der Waals surface area contributed by atoms with E-state index in [-0.39, 0.29) is 30.8 Å². The van der Waals surface area contributed by atoms with E-state index in [2.05, 4.69) is 22.7 Å². The van der Waals surface area contributed by atoms with Gasteiger partial charge in [-0.3, -0.25) is 9.59 Å². The van der Waals surface area contributed by atoms with Gasteiger partial charge in [0.05, 0.1) is 47.3 Å². The number of aryl methyl sites for hydroxylation is 2. The van der Waals surface area contributed by atoms with E-state index in [4.69, 9.17) is 4.98 Å². The molecular weight excluding hydrogens is 525 g/mol. The van der Waals surface area contributed by atoms with Crippen molar-refractivity contribution in [3.8, 4) is 6.07 Å².